The van der Waals surface area contributed by atoms with E-state index in [1.807, 2.05) is 12.1 Å². The van der Waals surface area contributed by atoms with E-state index < -0.39 is 0 Å². The van der Waals surface area contributed by atoms with Crippen molar-refractivity contribution in [1.29, 1.82) is 0 Å². The van der Waals surface area contributed by atoms with Crippen LogP contribution in [0, 0.1) is 0 Å². The quantitative estimate of drug-likeness (QED) is 0.882. The maximum Gasteiger partial charge on any atom is 0.248 e. The predicted octanol–water partition coefficient (Wildman–Crippen LogP) is 2.72. The van der Waals surface area contributed by atoms with Gasteiger partial charge in [0.25, 0.3) is 0 Å². The first-order valence-electron chi connectivity index (χ1n) is 6.80. The van der Waals surface area contributed by atoms with E-state index >= 15 is 0 Å². The van der Waals surface area contributed by atoms with Gasteiger partial charge in [0.05, 0.1) is 0 Å². The Labute approximate surface area is 129 Å². The summed E-state index contributed by atoms with van der Waals surface area (Å²) in [5.74, 6) is -0.313. The SMILES string of the molecule is CC(=O)N(C)c1cccc(NC(=O)C=Cc2cccnc2)c1. The van der Waals surface area contributed by atoms with Gasteiger partial charge in [0.15, 0.2) is 0 Å². The highest BCUT2D eigenvalue weighted by Gasteiger charge is 2.06. The second-order valence-electron chi connectivity index (χ2n) is 4.74. The predicted molar refractivity (Wildman–Crippen MR) is 87.4 cm³/mol. The van der Waals surface area contributed by atoms with Gasteiger partial charge in [-0.1, -0.05) is 12.1 Å². The molecular weight excluding hydrogens is 278 g/mol. The summed E-state index contributed by atoms with van der Waals surface area (Å²) < 4.78 is 0. The van der Waals surface area contributed by atoms with Crippen molar-refractivity contribution in [1.82, 2.24) is 4.98 Å². The Bertz CT molecular complexity index is 696. The van der Waals surface area contributed by atoms with E-state index in [1.165, 1.54) is 17.9 Å². The minimum absolute atomic E-state index is 0.0695. The number of carbonyl (C=O) groups excluding carboxylic acids is 2. The Kier molecular flexibility index (Phi) is 5.03. The van der Waals surface area contributed by atoms with Gasteiger partial charge in [-0.15, -0.1) is 0 Å². The Morgan fingerprint density at radius 2 is 2.05 bits per heavy atom. The third-order valence-electron chi connectivity index (χ3n) is 3.08. The van der Waals surface area contributed by atoms with Crippen LogP contribution >= 0.6 is 0 Å². The number of nitrogens with one attached hydrogen (secondary N) is 1. The van der Waals surface area contributed by atoms with Gasteiger partial charge in [-0.25, -0.2) is 0 Å². The Morgan fingerprint density at radius 1 is 1.23 bits per heavy atom. The summed E-state index contributed by atoms with van der Waals surface area (Å²) in [4.78, 5) is 28.7. The summed E-state index contributed by atoms with van der Waals surface area (Å²) in [5.41, 5.74) is 2.20. The molecule has 0 unspecified atom stereocenters. The largest absolute Gasteiger partial charge is 0.322 e. The average Bonchev–Trinajstić information content (AvgIpc) is 2.53. The van der Waals surface area contributed by atoms with Crippen LogP contribution in [0.5, 0.6) is 0 Å². The highest BCUT2D eigenvalue weighted by Crippen LogP contribution is 2.18. The lowest BCUT2D eigenvalue weighted by Gasteiger charge is -2.15. The van der Waals surface area contributed by atoms with Crippen molar-refractivity contribution < 1.29 is 9.59 Å². The van der Waals surface area contributed by atoms with Crippen molar-refractivity contribution in [2.75, 3.05) is 17.3 Å². The number of benzene rings is 1. The molecule has 112 valence electrons. The summed E-state index contributed by atoms with van der Waals surface area (Å²) >= 11 is 0. The fourth-order valence-corrected chi connectivity index (χ4v) is 1.80. The van der Waals surface area contributed by atoms with Crippen LogP contribution in [0.4, 0.5) is 11.4 Å². The van der Waals surface area contributed by atoms with E-state index in [2.05, 4.69) is 10.3 Å². The summed E-state index contributed by atoms with van der Waals surface area (Å²) in [6.07, 6.45) is 6.48. The van der Waals surface area contributed by atoms with Gasteiger partial charge in [-0.2, -0.15) is 0 Å². The standard InChI is InChI=1S/C17H17N3O2/c1-13(21)20(2)16-7-3-6-15(11-16)19-17(22)9-8-14-5-4-10-18-12-14/h3-12H,1-2H3,(H,19,22). The lowest BCUT2D eigenvalue weighted by Crippen LogP contribution is -2.22. The molecule has 0 aliphatic rings. The van der Waals surface area contributed by atoms with Gasteiger partial charge >= 0.3 is 0 Å². The number of hydrogen-bond acceptors (Lipinski definition) is 3. The topological polar surface area (TPSA) is 62.3 Å². The highest BCUT2D eigenvalue weighted by molar-refractivity contribution is 6.02. The minimum atomic E-state index is -0.244. The van der Waals surface area contributed by atoms with Gasteiger partial charge < -0.3 is 10.2 Å². The molecule has 0 atom stereocenters. The summed E-state index contributed by atoms with van der Waals surface area (Å²) in [7, 11) is 1.69. The Balaban J connectivity index is 2.04. The number of pyridine rings is 1. The molecule has 2 amide bonds. The molecule has 0 bridgehead atoms. The molecule has 0 aliphatic heterocycles. The van der Waals surface area contributed by atoms with Crippen LogP contribution in [-0.4, -0.2) is 23.8 Å². The van der Waals surface area contributed by atoms with Crippen LogP contribution in [0.2, 0.25) is 0 Å². The second-order valence-corrected chi connectivity index (χ2v) is 4.74. The van der Waals surface area contributed by atoms with Gasteiger partial charge in [-0.3, -0.25) is 14.6 Å². The van der Waals surface area contributed by atoms with Crippen LogP contribution in [0.25, 0.3) is 6.08 Å². The van der Waals surface area contributed by atoms with E-state index in [0.29, 0.717) is 5.69 Å². The van der Waals surface area contributed by atoms with Gasteiger partial charge in [0.2, 0.25) is 11.8 Å². The minimum Gasteiger partial charge on any atom is -0.322 e. The monoisotopic (exact) mass is 295 g/mol. The lowest BCUT2D eigenvalue weighted by atomic mass is 10.2. The van der Waals surface area contributed by atoms with E-state index in [1.54, 1.807) is 49.8 Å². The van der Waals surface area contributed by atoms with Crippen molar-refractivity contribution in [3.05, 3.63) is 60.4 Å². The third kappa shape index (κ3) is 4.28. The second kappa shape index (κ2) is 7.17. The molecule has 0 fully saturated rings. The summed E-state index contributed by atoms with van der Waals surface area (Å²) in [6.45, 7) is 1.49. The normalized spacial score (nSPS) is 10.5. The van der Waals surface area contributed by atoms with Crippen LogP contribution < -0.4 is 10.2 Å². The first kappa shape index (κ1) is 15.4. The Morgan fingerprint density at radius 3 is 2.73 bits per heavy atom. The van der Waals surface area contributed by atoms with E-state index in [9.17, 15) is 9.59 Å². The van der Waals surface area contributed by atoms with Crippen molar-refractivity contribution in [3.8, 4) is 0 Å². The number of nitrogens with zero attached hydrogens (tertiary/aromatic N) is 2. The molecule has 1 aromatic carbocycles. The van der Waals surface area contributed by atoms with Crippen molar-refractivity contribution >= 4 is 29.3 Å². The van der Waals surface area contributed by atoms with Crippen molar-refractivity contribution in [3.63, 3.8) is 0 Å². The smallest absolute Gasteiger partial charge is 0.248 e. The number of hydrogen-bond donors (Lipinski definition) is 1. The number of aromatic nitrogens is 1. The molecule has 0 saturated carbocycles. The van der Waals surface area contributed by atoms with E-state index in [0.717, 1.165) is 11.3 Å². The Hall–Kier alpha value is -2.95. The molecule has 5 heteroatoms. The van der Waals surface area contributed by atoms with E-state index in [-0.39, 0.29) is 11.8 Å². The number of amides is 2. The molecule has 2 rings (SSSR count). The zero-order chi connectivity index (χ0) is 15.9. The fourth-order valence-electron chi connectivity index (χ4n) is 1.80. The molecule has 0 radical (unpaired) electrons. The highest BCUT2D eigenvalue weighted by atomic mass is 16.2. The first-order valence-corrected chi connectivity index (χ1v) is 6.80. The number of carbonyl (C=O) groups is 2. The van der Waals surface area contributed by atoms with Crippen LogP contribution in [0.1, 0.15) is 12.5 Å². The van der Waals surface area contributed by atoms with Crippen LogP contribution in [-0.2, 0) is 9.59 Å². The summed E-state index contributed by atoms with van der Waals surface area (Å²) in [5, 5.41) is 2.76. The fraction of sp³-hybridized carbons (Fsp3) is 0.118. The third-order valence-corrected chi connectivity index (χ3v) is 3.08. The molecule has 2 aromatic rings. The molecule has 22 heavy (non-hydrogen) atoms. The zero-order valence-corrected chi connectivity index (χ0v) is 12.5. The molecular formula is C17H17N3O2. The lowest BCUT2D eigenvalue weighted by molar-refractivity contribution is -0.116. The average molecular weight is 295 g/mol. The van der Waals surface area contributed by atoms with Crippen molar-refractivity contribution in [2.45, 2.75) is 6.92 Å². The molecule has 1 N–H and O–H groups in total. The number of anilines is 2. The molecule has 0 spiro atoms. The summed E-state index contributed by atoms with van der Waals surface area (Å²) in [6, 6.07) is 10.8. The van der Waals surface area contributed by atoms with Gasteiger partial charge in [0, 0.05) is 43.8 Å². The zero-order valence-electron chi connectivity index (χ0n) is 12.5. The van der Waals surface area contributed by atoms with Crippen molar-refractivity contribution in [2.24, 2.45) is 0 Å². The number of rotatable bonds is 4. The van der Waals surface area contributed by atoms with Gasteiger partial charge in [-0.05, 0) is 35.9 Å². The van der Waals surface area contributed by atoms with Crippen LogP contribution in [0.3, 0.4) is 0 Å². The molecule has 5 nitrogen and oxygen atoms in total. The molecule has 1 aromatic heterocycles. The van der Waals surface area contributed by atoms with Gasteiger partial charge in [0.1, 0.15) is 0 Å². The maximum absolute atomic E-state index is 11.9. The maximum atomic E-state index is 11.9. The molecule has 0 aliphatic carbocycles. The van der Waals surface area contributed by atoms with E-state index in [4.69, 9.17) is 0 Å². The molecule has 1 heterocycles. The first-order chi connectivity index (χ1) is 10.6. The van der Waals surface area contributed by atoms with Crippen LogP contribution in [0.15, 0.2) is 54.9 Å². The molecule has 0 saturated heterocycles.